The number of carbonyl (C=O) groups is 2. The summed E-state index contributed by atoms with van der Waals surface area (Å²) in [4.78, 5) is 29.2. The van der Waals surface area contributed by atoms with Crippen LogP contribution in [0.15, 0.2) is 47.1 Å². The zero-order valence-electron chi connectivity index (χ0n) is 11.4. The smallest absolute Gasteiger partial charge is 0.412 e. The van der Waals surface area contributed by atoms with Crippen LogP contribution < -0.4 is 10.2 Å². The molecule has 2 heterocycles. The fraction of sp³-hybridized carbons (Fsp3) is 0.133. The van der Waals surface area contributed by atoms with E-state index in [2.05, 4.69) is 26.2 Å². The third kappa shape index (κ3) is 2.67. The number of amides is 2. The zero-order valence-corrected chi connectivity index (χ0v) is 12.9. The molecule has 3 rings (SSSR count). The Morgan fingerprint density at radius 2 is 2.00 bits per heavy atom. The highest BCUT2D eigenvalue weighted by atomic mass is 79.9. The van der Waals surface area contributed by atoms with Crippen molar-refractivity contribution < 1.29 is 14.7 Å². The van der Waals surface area contributed by atoms with E-state index in [9.17, 15) is 14.7 Å². The van der Waals surface area contributed by atoms with E-state index in [-0.39, 0.29) is 0 Å². The number of hydrogen-bond donors (Lipinski definition) is 2. The maximum absolute atomic E-state index is 12.4. The second-order valence-corrected chi connectivity index (χ2v) is 5.65. The molecule has 112 valence electrons. The van der Waals surface area contributed by atoms with Gasteiger partial charge in [0, 0.05) is 6.42 Å². The third-order valence-electron chi connectivity index (χ3n) is 3.45. The molecule has 1 aromatic heterocycles. The van der Waals surface area contributed by atoms with Gasteiger partial charge in [0.15, 0.2) is 0 Å². The first-order valence-electron chi connectivity index (χ1n) is 6.60. The second-order valence-electron chi connectivity index (χ2n) is 4.84. The van der Waals surface area contributed by atoms with Gasteiger partial charge in [-0.3, -0.25) is 9.69 Å². The molecule has 0 spiro atoms. The molecular weight excluding hydrogens is 350 g/mol. The van der Waals surface area contributed by atoms with Crippen LogP contribution in [0, 0.1) is 0 Å². The molecule has 0 bridgehead atoms. The Morgan fingerprint density at radius 1 is 1.23 bits per heavy atom. The molecule has 0 aliphatic carbocycles. The van der Waals surface area contributed by atoms with Crippen molar-refractivity contribution in [3.63, 3.8) is 0 Å². The topological polar surface area (TPSA) is 82.5 Å². The van der Waals surface area contributed by atoms with Gasteiger partial charge in [-0.05, 0) is 39.7 Å². The molecule has 1 aliphatic rings. The van der Waals surface area contributed by atoms with Crippen molar-refractivity contribution in [2.75, 3.05) is 10.2 Å². The van der Waals surface area contributed by atoms with Gasteiger partial charge < -0.3 is 10.4 Å². The summed E-state index contributed by atoms with van der Waals surface area (Å²) in [7, 11) is 0. The van der Waals surface area contributed by atoms with Crippen molar-refractivity contribution in [3.8, 4) is 0 Å². The van der Waals surface area contributed by atoms with Gasteiger partial charge in [-0.15, -0.1) is 0 Å². The van der Waals surface area contributed by atoms with Crippen molar-refractivity contribution in [1.29, 1.82) is 0 Å². The predicted octanol–water partition coefficient (Wildman–Crippen LogP) is 2.89. The van der Waals surface area contributed by atoms with E-state index in [0.717, 1.165) is 10.5 Å². The Bertz CT molecular complexity index is 750. The lowest BCUT2D eigenvalue weighted by Crippen LogP contribution is -2.45. The number of hydrogen-bond acceptors (Lipinski definition) is 3. The van der Waals surface area contributed by atoms with Gasteiger partial charge in [0.1, 0.15) is 16.5 Å². The minimum atomic E-state index is -1.15. The van der Waals surface area contributed by atoms with E-state index >= 15 is 0 Å². The Kier molecular flexibility index (Phi) is 3.81. The molecule has 0 saturated heterocycles. The molecule has 2 aromatic rings. The minimum absolute atomic E-state index is 0.350. The van der Waals surface area contributed by atoms with E-state index in [1.807, 2.05) is 12.1 Å². The van der Waals surface area contributed by atoms with Crippen LogP contribution in [0.2, 0.25) is 0 Å². The second kappa shape index (κ2) is 5.76. The maximum atomic E-state index is 12.4. The molecule has 2 N–H and O–H groups in total. The monoisotopic (exact) mass is 361 g/mol. The summed E-state index contributed by atoms with van der Waals surface area (Å²) in [6.45, 7) is 0. The number of anilines is 2. The van der Waals surface area contributed by atoms with Crippen LogP contribution in [0.3, 0.4) is 0 Å². The van der Waals surface area contributed by atoms with Gasteiger partial charge in [-0.25, -0.2) is 9.78 Å². The quantitative estimate of drug-likeness (QED) is 0.805. The van der Waals surface area contributed by atoms with Gasteiger partial charge in [-0.2, -0.15) is 0 Å². The van der Waals surface area contributed by atoms with Crippen molar-refractivity contribution in [2.24, 2.45) is 0 Å². The van der Waals surface area contributed by atoms with Crippen LogP contribution >= 0.6 is 15.9 Å². The van der Waals surface area contributed by atoms with Gasteiger partial charge in [0.05, 0.1) is 5.69 Å². The van der Waals surface area contributed by atoms with Gasteiger partial charge in [-0.1, -0.05) is 24.3 Å². The third-order valence-corrected chi connectivity index (χ3v) is 3.89. The van der Waals surface area contributed by atoms with Crippen molar-refractivity contribution in [1.82, 2.24) is 4.98 Å². The van der Waals surface area contributed by atoms with Gasteiger partial charge in [0.2, 0.25) is 5.91 Å². The Hall–Kier alpha value is -2.41. The molecule has 1 atom stereocenters. The van der Waals surface area contributed by atoms with Crippen LogP contribution in [0.5, 0.6) is 0 Å². The molecule has 1 aromatic carbocycles. The lowest BCUT2D eigenvalue weighted by Gasteiger charge is -2.21. The summed E-state index contributed by atoms with van der Waals surface area (Å²) in [5.41, 5.74) is 1.39. The van der Waals surface area contributed by atoms with Crippen molar-refractivity contribution >= 4 is 39.4 Å². The summed E-state index contributed by atoms with van der Waals surface area (Å²) in [5.74, 6) is -0.0233. The number of aromatic nitrogens is 1. The summed E-state index contributed by atoms with van der Waals surface area (Å²) in [5, 5.41) is 12.1. The van der Waals surface area contributed by atoms with E-state index in [1.54, 1.807) is 30.3 Å². The number of benzene rings is 1. The number of pyridine rings is 1. The average Bonchev–Trinajstić information content (AvgIpc) is 2.87. The first-order valence-corrected chi connectivity index (χ1v) is 7.39. The zero-order chi connectivity index (χ0) is 15.7. The molecule has 7 heteroatoms. The maximum Gasteiger partial charge on any atom is 0.412 e. The Labute approximate surface area is 134 Å². The molecule has 6 nitrogen and oxygen atoms in total. The van der Waals surface area contributed by atoms with Gasteiger partial charge in [0.25, 0.3) is 0 Å². The predicted molar refractivity (Wildman–Crippen MR) is 85.0 cm³/mol. The fourth-order valence-electron chi connectivity index (χ4n) is 2.52. The van der Waals surface area contributed by atoms with E-state index in [1.165, 1.54) is 0 Å². The standard InChI is InChI=1S/C15H12BrN3O3/c16-12-6-3-7-13(17-12)18-14(20)11-8-9-4-1-2-5-10(9)19(11)15(21)22/h1-7,11H,8H2,(H,21,22)(H,17,18,20). The number of halogens is 1. The normalized spacial score (nSPS) is 16.2. The molecule has 1 aliphatic heterocycles. The van der Waals surface area contributed by atoms with E-state index in [0.29, 0.717) is 22.5 Å². The van der Waals surface area contributed by atoms with Crippen molar-refractivity contribution in [3.05, 3.63) is 52.6 Å². The highest BCUT2D eigenvalue weighted by molar-refractivity contribution is 9.10. The number of carboxylic acid groups (broad SMARTS) is 1. The lowest BCUT2D eigenvalue weighted by atomic mass is 10.1. The summed E-state index contributed by atoms with van der Waals surface area (Å²) < 4.78 is 0.593. The number of fused-ring (bicyclic) bond motifs is 1. The SMILES string of the molecule is O=C(Nc1cccc(Br)n1)C1Cc2ccccc2N1C(=O)O. The average molecular weight is 362 g/mol. The van der Waals surface area contributed by atoms with Gasteiger partial charge >= 0.3 is 6.09 Å². The molecule has 0 saturated carbocycles. The van der Waals surface area contributed by atoms with Crippen LogP contribution in [-0.2, 0) is 11.2 Å². The summed E-state index contributed by atoms with van der Waals surface area (Å²) in [6.07, 6.45) is -0.797. The Balaban J connectivity index is 1.85. The largest absolute Gasteiger partial charge is 0.465 e. The highest BCUT2D eigenvalue weighted by Crippen LogP contribution is 2.32. The Morgan fingerprint density at radius 3 is 2.73 bits per heavy atom. The molecule has 2 amide bonds. The first-order chi connectivity index (χ1) is 10.6. The minimum Gasteiger partial charge on any atom is -0.465 e. The number of para-hydroxylation sites is 1. The molecule has 22 heavy (non-hydrogen) atoms. The highest BCUT2D eigenvalue weighted by Gasteiger charge is 2.38. The van der Waals surface area contributed by atoms with Crippen LogP contribution in [-0.4, -0.2) is 28.1 Å². The lowest BCUT2D eigenvalue weighted by molar-refractivity contribution is -0.117. The number of nitrogens with zero attached hydrogens (tertiary/aromatic N) is 2. The number of carbonyl (C=O) groups excluding carboxylic acids is 1. The summed E-state index contributed by atoms with van der Waals surface area (Å²) in [6, 6.07) is 11.4. The summed E-state index contributed by atoms with van der Waals surface area (Å²) >= 11 is 3.23. The first kappa shape index (κ1) is 14.5. The molecular formula is C15H12BrN3O3. The van der Waals surface area contributed by atoms with E-state index < -0.39 is 18.0 Å². The van der Waals surface area contributed by atoms with Crippen LogP contribution in [0.25, 0.3) is 0 Å². The number of rotatable bonds is 2. The van der Waals surface area contributed by atoms with Crippen LogP contribution in [0.1, 0.15) is 5.56 Å². The number of nitrogens with one attached hydrogen (secondary N) is 1. The van der Waals surface area contributed by atoms with E-state index in [4.69, 9.17) is 0 Å². The molecule has 0 fully saturated rings. The molecule has 1 unspecified atom stereocenters. The van der Waals surface area contributed by atoms with Crippen molar-refractivity contribution in [2.45, 2.75) is 12.5 Å². The molecule has 0 radical (unpaired) electrons. The fourth-order valence-corrected chi connectivity index (χ4v) is 2.86. The van der Waals surface area contributed by atoms with Crippen LogP contribution in [0.4, 0.5) is 16.3 Å².